The Kier molecular flexibility index (Phi) is 3.43. The van der Waals surface area contributed by atoms with Gasteiger partial charge in [0.2, 0.25) is 0 Å². The highest BCUT2D eigenvalue weighted by atomic mass is 32.1. The van der Waals surface area contributed by atoms with Crippen LogP contribution in [0.3, 0.4) is 0 Å². The predicted octanol–water partition coefficient (Wildman–Crippen LogP) is 2.65. The van der Waals surface area contributed by atoms with E-state index in [4.69, 9.17) is 4.74 Å². The molecular formula is C14H18O4S. The van der Waals surface area contributed by atoms with Crippen LogP contribution in [-0.4, -0.2) is 22.6 Å². The van der Waals surface area contributed by atoms with Crippen LogP contribution in [0, 0.1) is 5.41 Å². The summed E-state index contributed by atoms with van der Waals surface area (Å²) in [5.74, 6) is -1.36. The minimum Gasteiger partial charge on any atom is -0.481 e. The maximum absolute atomic E-state index is 11.9. The van der Waals surface area contributed by atoms with Crippen LogP contribution in [0.25, 0.3) is 0 Å². The van der Waals surface area contributed by atoms with Crippen molar-refractivity contribution in [2.45, 2.75) is 45.6 Å². The Morgan fingerprint density at radius 2 is 1.84 bits per heavy atom. The molecule has 1 aliphatic carbocycles. The zero-order valence-corrected chi connectivity index (χ0v) is 12.2. The summed E-state index contributed by atoms with van der Waals surface area (Å²) in [5, 5.41) is 13.4. The number of carbonyl (C=O) groups is 2. The van der Waals surface area contributed by atoms with Crippen molar-refractivity contribution in [1.29, 1.82) is 0 Å². The van der Waals surface area contributed by atoms with E-state index in [9.17, 15) is 14.7 Å². The largest absolute Gasteiger partial charge is 0.481 e. The van der Waals surface area contributed by atoms with Crippen molar-refractivity contribution in [2.24, 2.45) is 5.41 Å². The normalized spacial score (nSPS) is 17.0. The molecule has 0 radical (unpaired) electrons. The summed E-state index contributed by atoms with van der Waals surface area (Å²) in [5.41, 5.74) is 0.493. The van der Waals surface area contributed by atoms with Crippen molar-refractivity contribution in [1.82, 2.24) is 0 Å². The lowest BCUT2D eigenvalue weighted by Crippen LogP contribution is -2.37. The first kappa shape index (κ1) is 14.1. The van der Waals surface area contributed by atoms with Crippen molar-refractivity contribution >= 4 is 23.3 Å². The number of ether oxygens (including phenoxy) is 1. The van der Waals surface area contributed by atoms with Gasteiger partial charge in [-0.3, -0.25) is 9.59 Å². The average molecular weight is 282 g/mol. The highest BCUT2D eigenvalue weighted by Gasteiger charge is 2.46. The second-order valence-corrected chi connectivity index (χ2v) is 6.87. The number of carboxylic acids is 1. The van der Waals surface area contributed by atoms with Crippen LogP contribution in [0.2, 0.25) is 0 Å². The molecule has 0 saturated heterocycles. The van der Waals surface area contributed by atoms with Gasteiger partial charge in [-0.15, -0.1) is 0 Å². The Morgan fingerprint density at radius 3 is 2.26 bits per heavy atom. The van der Waals surface area contributed by atoms with E-state index in [1.807, 2.05) is 10.8 Å². The SMILES string of the molecule is CC(C)(C)OC(=O)CC1(C(=O)O)Cc2cscc2C1. The maximum atomic E-state index is 11.9. The van der Waals surface area contributed by atoms with E-state index in [-0.39, 0.29) is 6.42 Å². The number of carboxylic acid groups (broad SMARTS) is 1. The van der Waals surface area contributed by atoms with E-state index < -0.39 is 23.0 Å². The third kappa shape index (κ3) is 2.97. The third-order valence-corrected chi connectivity index (χ3v) is 4.09. The summed E-state index contributed by atoms with van der Waals surface area (Å²) in [6.07, 6.45) is 0.764. The van der Waals surface area contributed by atoms with Crippen molar-refractivity contribution in [2.75, 3.05) is 0 Å². The highest BCUT2D eigenvalue weighted by Crippen LogP contribution is 2.42. The summed E-state index contributed by atoms with van der Waals surface area (Å²) in [7, 11) is 0. The fourth-order valence-corrected chi connectivity index (χ4v) is 3.32. The van der Waals surface area contributed by atoms with E-state index in [2.05, 4.69) is 0 Å². The molecule has 0 bridgehead atoms. The molecule has 0 amide bonds. The Morgan fingerprint density at radius 1 is 1.32 bits per heavy atom. The Balaban J connectivity index is 2.13. The number of hydrogen-bond donors (Lipinski definition) is 1. The quantitative estimate of drug-likeness (QED) is 0.866. The van der Waals surface area contributed by atoms with Gasteiger partial charge in [-0.25, -0.2) is 0 Å². The summed E-state index contributed by atoms with van der Waals surface area (Å²) in [6.45, 7) is 5.34. The summed E-state index contributed by atoms with van der Waals surface area (Å²) in [4.78, 5) is 23.5. The first-order valence-electron chi connectivity index (χ1n) is 6.21. The van der Waals surface area contributed by atoms with Crippen LogP contribution in [0.15, 0.2) is 10.8 Å². The Hall–Kier alpha value is -1.36. The van der Waals surface area contributed by atoms with E-state index in [0.29, 0.717) is 12.8 Å². The van der Waals surface area contributed by atoms with Gasteiger partial charge in [-0.05, 0) is 55.5 Å². The van der Waals surface area contributed by atoms with Crippen LogP contribution in [0.5, 0.6) is 0 Å². The molecule has 104 valence electrons. The van der Waals surface area contributed by atoms with E-state index >= 15 is 0 Å². The molecule has 1 N–H and O–H groups in total. The minimum absolute atomic E-state index is 0.0705. The number of fused-ring (bicyclic) bond motifs is 1. The van der Waals surface area contributed by atoms with E-state index in [1.54, 1.807) is 32.1 Å². The van der Waals surface area contributed by atoms with Crippen molar-refractivity contribution in [3.8, 4) is 0 Å². The molecule has 0 saturated carbocycles. The molecule has 5 heteroatoms. The van der Waals surface area contributed by atoms with Crippen molar-refractivity contribution < 1.29 is 19.4 Å². The predicted molar refractivity (Wildman–Crippen MR) is 72.3 cm³/mol. The monoisotopic (exact) mass is 282 g/mol. The molecule has 0 spiro atoms. The smallest absolute Gasteiger partial charge is 0.310 e. The summed E-state index contributed by atoms with van der Waals surface area (Å²) in [6, 6.07) is 0. The lowest BCUT2D eigenvalue weighted by atomic mass is 9.81. The topological polar surface area (TPSA) is 63.6 Å². The van der Waals surface area contributed by atoms with Crippen molar-refractivity contribution in [3.05, 3.63) is 21.9 Å². The van der Waals surface area contributed by atoms with Gasteiger partial charge in [-0.2, -0.15) is 11.3 Å². The first-order chi connectivity index (χ1) is 8.72. The number of carbonyl (C=O) groups excluding carboxylic acids is 1. The van der Waals surface area contributed by atoms with Crippen LogP contribution < -0.4 is 0 Å². The van der Waals surface area contributed by atoms with Gasteiger partial charge in [-0.1, -0.05) is 0 Å². The van der Waals surface area contributed by atoms with Gasteiger partial charge < -0.3 is 9.84 Å². The number of aliphatic carboxylic acids is 1. The lowest BCUT2D eigenvalue weighted by molar-refractivity contribution is -0.164. The van der Waals surface area contributed by atoms with Crippen LogP contribution >= 0.6 is 11.3 Å². The zero-order chi connectivity index (χ0) is 14.3. The van der Waals surface area contributed by atoms with Gasteiger partial charge in [0.25, 0.3) is 0 Å². The molecule has 1 aliphatic rings. The van der Waals surface area contributed by atoms with Crippen molar-refractivity contribution in [3.63, 3.8) is 0 Å². The molecule has 0 aromatic carbocycles. The fraction of sp³-hybridized carbons (Fsp3) is 0.571. The summed E-state index contributed by atoms with van der Waals surface area (Å²) >= 11 is 1.57. The molecule has 1 aromatic rings. The number of esters is 1. The van der Waals surface area contributed by atoms with Crippen LogP contribution in [0.1, 0.15) is 38.3 Å². The fourth-order valence-electron chi connectivity index (χ4n) is 2.46. The molecule has 2 rings (SSSR count). The maximum Gasteiger partial charge on any atom is 0.310 e. The first-order valence-corrected chi connectivity index (χ1v) is 7.15. The molecule has 0 aliphatic heterocycles. The van der Waals surface area contributed by atoms with Crippen LogP contribution in [-0.2, 0) is 27.2 Å². The highest BCUT2D eigenvalue weighted by molar-refractivity contribution is 7.08. The molecule has 19 heavy (non-hydrogen) atoms. The molecule has 0 fully saturated rings. The standard InChI is InChI=1S/C14H18O4S/c1-13(2,3)18-11(15)6-14(12(16)17)4-9-7-19-8-10(9)5-14/h7-8H,4-6H2,1-3H3,(H,16,17). The lowest BCUT2D eigenvalue weighted by Gasteiger charge is -2.26. The van der Waals surface area contributed by atoms with Crippen LogP contribution in [0.4, 0.5) is 0 Å². The van der Waals surface area contributed by atoms with Gasteiger partial charge >= 0.3 is 11.9 Å². The van der Waals surface area contributed by atoms with Gasteiger partial charge in [0.15, 0.2) is 0 Å². The van der Waals surface area contributed by atoms with E-state index in [1.165, 1.54) is 0 Å². The number of rotatable bonds is 3. The number of thiophene rings is 1. The third-order valence-electron chi connectivity index (χ3n) is 3.25. The number of hydrogen-bond acceptors (Lipinski definition) is 4. The second-order valence-electron chi connectivity index (χ2n) is 6.12. The Bertz CT molecular complexity index is 489. The summed E-state index contributed by atoms with van der Waals surface area (Å²) < 4.78 is 5.25. The zero-order valence-electron chi connectivity index (χ0n) is 11.4. The van der Waals surface area contributed by atoms with Gasteiger partial charge in [0, 0.05) is 0 Å². The van der Waals surface area contributed by atoms with E-state index in [0.717, 1.165) is 11.1 Å². The molecule has 1 heterocycles. The Labute approximate surface area is 116 Å². The molecule has 1 aromatic heterocycles. The molecule has 0 atom stereocenters. The minimum atomic E-state index is -1.03. The molecule has 0 unspecified atom stereocenters. The van der Waals surface area contributed by atoms with Gasteiger partial charge in [0.05, 0.1) is 11.8 Å². The van der Waals surface area contributed by atoms with Gasteiger partial charge in [0.1, 0.15) is 5.60 Å². The average Bonchev–Trinajstić information content (AvgIpc) is 2.72. The second kappa shape index (κ2) is 4.63. The molecule has 4 nitrogen and oxygen atoms in total. The molecular weight excluding hydrogens is 264 g/mol.